The number of carbonyl (C=O) groups is 5. The first-order valence-corrected chi connectivity index (χ1v) is 21.8. The number of ether oxygens (including phenoxy) is 2. The molecule has 16 nitrogen and oxygen atoms in total. The molecule has 63 heavy (non-hydrogen) atoms. The van der Waals surface area contributed by atoms with Gasteiger partial charge in [-0.2, -0.15) is 5.21 Å². The Morgan fingerprint density at radius 2 is 1.46 bits per heavy atom. The van der Waals surface area contributed by atoms with Gasteiger partial charge in [0.1, 0.15) is 17.2 Å². The van der Waals surface area contributed by atoms with Crippen molar-refractivity contribution in [1.82, 2.24) is 41.5 Å². The van der Waals surface area contributed by atoms with E-state index in [1.165, 1.54) is 0 Å². The van der Waals surface area contributed by atoms with Crippen molar-refractivity contribution in [3.63, 3.8) is 0 Å². The number of aromatic amines is 1. The van der Waals surface area contributed by atoms with E-state index >= 15 is 0 Å². The lowest BCUT2D eigenvalue weighted by atomic mass is 9.81. The summed E-state index contributed by atoms with van der Waals surface area (Å²) in [5.41, 5.74) is 4.40. The van der Waals surface area contributed by atoms with Crippen molar-refractivity contribution in [2.75, 3.05) is 25.0 Å². The average Bonchev–Trinajstić information content (AvgIpc) is 3.78. The lowest BCUT2D eigenvalue weighted by molar-refractivity contribution is -0.130. The molecule has 0 unspecified atom stereocenters. The number of rotatable bonds is 12. The zero-order valence-electron chi connectivity index (χ0n) is 37.4. The number of likely N-dealkylation sites (tertiary alicyclic amines) is 1. The highest BCUT2D eigenvalue weighted by atomic mass is 16.6. The number of carbonyl (C=O) groups excluding carboxylic acids is 5. The van der Waals surface area contributed by atoms with E-state index < -0.39 is 23.3 Å². The fourth-order valence-electron chi connectivity index (χ4n) is 7.87. The van der Waals surface area contributed by atoms with Crippen LogP contribution < -0.4 is 21.3 Å². The second-order valence-corrected chi connectivity index (χ2v) is 18.6. The van der Waals surface area contributed by atoms with Crippen molar-refractivity contribution in [2.45, 2.75) is 117 Å². The van der Waals surface area contributed by atoms with Gasteiger partial charge in [0.25, 0.3) is 5.91 Å². The summed E-state index contributed by atoms with van der Waals surface area (Å²) in [7, 11) is 0. The number of hydrogen-bond acceptors (Lipinski definition) is 10. The molecule has 2 aliphatic rings. The first kappa shape index (κ1) is 46.2. The topological polar surface area (TPSA) is 210 Å². The molecule has 1 aliphatic carbocycles. The largest absolute Gasteiger partial charge is 0.444 e. The smallest absolute Gasteiger partial charge is 0.410 e. The average molecular weight is 864 g/mol. The van der Waals surface area contributed by atoms with Gasteiger partial charge in [0.05, 0.1) is 0 Å². The van der Waals surface area contributed by atoms with E-state index in [1.807, 2.05) is 90.9 Å². The van der Waals surface area contributed by atoms with Crippen LogP contribution in [0.2, 0.25) is 0 Å². The third kappa shape index (κ3) is 13.6. The second-order valence-electron chi connectivity index (χ2n) is 18.6. The number of alkyl carbamates (subject to hydrolysis) is 1. The summed E-state index contributed by atoms with van der Waals surface area (Å²) in [5.74, 6) is -0.294. The highest BCUT2D eigenvalue weighted by Crippen LogP contribution is 2.30. The Morgan fingerprint density at radius 3 is 2.06 bits per heavy atom. The first-order chi connectivity index (χ1) is 29.9. The summed E-state index contributed by atoms with van der Waals surface area (Å²) < 4.78 is 10.9. The first-order valence-electron chi connectivity index (χ1n) is 21.8. The summed E-state index contributed by atoms with van der Waals surface area (Å²) in [6, 6.07) is 19.7. The number of amides is 5. The summed E-state index contributed by atoms with van der Waals surface area (Å²) in [6.07, 6.45) is 3.58. The molecular formula is C47H61N9O7. The van der Waals surface area contributed by atoms with Gasteiger partial charge in [-0.1, -0.05) is 30.3 Å². The number of anilines is 1. The van der Waals surface area contributed by atoms with E-state index in [-0.39, 0.29) is 48.1 Å². The van der Waals surface area contributed by atoms with Gasteiger partial charge in [-0.15, -0.1) is 10.2 Å². The number of nitrogens with zero attached hydrogens (tertiary/aromatic N) is 4. The molecule has 6 rings (SSSR count). The van der Waals surface area contributed by atoms with Crippen molar-refractivity contribution in [1.29, 1.82) is 0 Å². The number of hydrogen-bond donors (Lipinski definition) is 5. The molecule has 1 saturated heterocycles. The maximum Gasteiger partial charge on any atom is 0.410 e. The summed E-state index contributed by atoms with van der Waals surface area (Å²) in [6.45, 7) is 14.5. The van der Waals surface area contributed by atoms with Crippen molar-refractivity contribution in [3.05, 3.63) is 83.4 Å². The Balaban J connectivity index is 1.07. The van der Waals surface area contributed by atoms with Crippen LogP contribution in [0.25, 0.3) is 22.5 Å². The van der Waals surface area contributed by atoms with Gasteiger partial charge in [-0.3, -0.25) is 14.4 Å². The summed E-state index contributed by atoms with van der Waals surface area (Å²) in [5, 5.41) is 26.1. The molecular weight excluding hydrogens is 803 g/mol. The van der Waals surface area contributed by atoms with Crippen LogP contribution in [0, 0.1) is 18.8 Å². The molecule has 1 saturated carbocycles. The number of nitrogens with one attached hydrogen (secondary N) is 5. The standard InChI is InChI=1S/C47H61N9O7/c1-29-26-35(42(58)49-37-22-24-56(25-23-37)45(61)63-47(5,6)7)18-21-38(29)32-12-8-30(9-13-32)27-39(43(59)50-36-19-16-33(17-20-36)40-52-54-55-53-40)51-41(57)34-14-10-31(11-15-34)28-48-44(60)62-46(2,3)4/h8-9,12-13,16-21,26,31,34,37,39H,10-11,14-15,22-25,27-28H2,1-7H3,(H,48,60)(H,49,58)(H,50,59)(H,51,57)(H,52,53,54,55)/t31?,34?,39-/m0/s1. The summed E-state index contributed by atoms with van der Waals surface area (Å²) in [4.78, 5) is 67.3. The number of H-pyrrole nitrogens is 1. The minimum Gasteiger partial charge on any atom is -0.444 e. The van der Waals surface area contributed by atoms with Crippen LogP contribution in [-0.2, 0) is 25.5 Å². The van der Waals surface area contributed by atoms with E-state index in [2.05, 4.69) is 41.9 Å². The molecule has 336 valence electrons. The van der Waals surface area contributed by atoms with Gasteiger partial charge in [0.2, 0.25) is 17.6 Å². The third-order valence-corrected chi connectivity index (χ3v) is 11.2. The Bertz CT molecular complexity index is 2200. The maximum absolute atomic E-state index is 13.9. The Labute approximate surface area is 369 Å². The quantitative estimate of drug-likeness (QED) is 0.0988. The molecule has 5 N–H and O–H groups in total. The van der Waals surface area contributed by atoms with Gasteiger partial charge in [-0.25, -0.2) is 9.59 Å². The molecule has 0 bridgehead atoms. The van der Waals surface area contributed by atoms with Crippen molar-refractivity contribution in [2.24, 2.45) is 11.8 Å². The Kier molecular flexibility index (Phi) is 14.8. The second kappa shape index (κ2) is 20.2. The highest BCUT2D eigenvalue weighted by molar-refractivity contribution is 5.98. The normalized spacial score (nSPS) is 17.5. The van der Waals surface area contributed by atoms with E-state index in [0.717, 1.165) is 40.7 Å². The predicted octanol–water partition coefficient (Wildman–Crippen LogP) is 6.97. The van der Waals surface area contributed by atoms with Crippen LogP contribution in [0.4, 0.5) is 15.3 Å². The van der Waals surface area contributed by atoms with Gasteiger partial charge < -0.3 is 35.6 Å². The number of benzene rings is 3. The van der Waals surface area contributed by atoms with E-state index in [9.17, 15) is 24.0 Å². The number of aryl methyl sites for hydroxylation is 1. The minimum atomic E-state index is -0.865. The highest BCUT2D eigenvalue weighted by Gasteiger charge is 2.31. The van der Waals surface area contributed by atoms with Crippen LogP contribution in [-0.4, -0.2) is 98.4 Å². The van der Waals surface area contributed by atoms with E-state index in [0.29, 0.717) is 62.4 Å². The molecule has 4 aromatic rings. The van der Waals surface area contributed by atoms with Crippen LogP contribution in [0.5, 0.6) is 0 Å². The van der Waals surface area contributed by atoms with Crippen LogP contribution in [0.1, 0.15) is 102 Å². The fourth-order valence-corrected chi connectivity index (χ4v) is 7.87. The van der Waals surface area contributed by atoms with Gasteiger partial charge in [0, 0.05) is 54.8 Å². The van der Waals surface area contributed by atoms with E-state index in [4.69, 9.17) is 9.47 Å². The molecule has 0 radical (unpaired) electrons. The monoisotopic (exact) mass is 863 g/mol. The Hall–Kier alpha value is -6.32. The van der Waals surface area contributed by atoms with Gasteiger partial charge in [0.15, 0.2) is 0 Å². The zero-order valence-corrected chi connectivity index (χ0v) is 37.4. The fraction of sp³-hybridized carbons (Fsp3) is 0.489. The molecule has 0 spiro atoms. The summed E-state index contributed by atoms with van der Waals surface area (Å²) >= 11 is 0. The molecule has 1 aromatic heterocycles. The molecule has 1 atom stereocenters. The predicted molar refractivity (Wildman–Crippen MR) is 238 cm³/mol. The Morgan fingerprint density at radius 1 is 0.810 bits per heavy atom. The molecule has 16 heteroatoms. The van der Waals surface area contributed by atoms with Crippen molar-refractivity contribution >= 4 is 35.6 Å². The van der Waals surface area contributed by atoms with Crippen molar-refractivity contribution in [3.8, 4) is 22.5 Å². The SMILES string of the molecule is Cc1cc(C(=O)NC2CCN(C(=O)OC(C)(C)C)CC2)ccc1-c1ccc(C[C@H](NC(=O)C2CCC(CNC(=O)OC(C)(C)C)CC2)C(=O)Nc2ccc(-c3nn[nH]n3)cc2)cc1. The lowest BCUT2D eigenvalue weighted by Crippen LogP contribution is -2.48. The zero-order chi connectivity index (χ0) is 45.3. The molecule has 3 aromatic carbocycles. The molecule has 5 amide bonds. The van der Waals surface area contributed by atoms with Gasteiger partial charge in [-0.05, 0) is 157 Å². The minimum absolute atomic E-state index is 0.0440. The van der Waals surface area contributed by atoms with Crippen LogP contribution in [0.15, 0.2) is 66.7 Å². The number of tetrazole rings is 1. The van der Waals surface area contributed by atoms with Crippen LogP contribution in [0.3, 0.4) is 0 Å². The maximum atomic E-state index is 13.9. The molecule has 1 aliphatic heterocycles. The van der Waals surface area contributed by atoms with Gasteiger partial charge >= 0.3 is 12.2 Å². The van der Waals surface area contributed by atoms with Crippen molar-refractivity contribution < 1.29 is 33.4 Å². The molecule has 2 heterocycles. The number of aromatic nitrogens is 4. The van der Waals surface area contributed by atoms with Crippen LogP contribution >= 0.6 is 0 Å². The molecule has 2 fully saturated rings. The number of piperidine rings is 1. The van der Waals surface area contributed by atoms with E-state index in [1.54, 1.807) is 29.2 Å². The lowest BCUT2D eigenvalue weighted by Gasteiger charge is -2.33. The third-order valence-electron chi connectivity index (χ3n) is 11.2.